The van der Waals surface area contributed by atoms with Gasteiger partial charge in [0.2, 0.25) is 5.91 Å². The van der Waals surface area contributed by atoms with Gasteiger partial charge in [-0.15, -0.1) is 0 Å². The number of alkyl halides is 6. The Hall–Kier alpha value is -3.41. The van der Waals surface area contributed by atoms with E-state index in [4.69, 9.17) is 4.98 Å². The molecule has 56 heavy (non-hydrogen) atoms. The quantitative estimate of drug-likeness (QED) is 0.186. The number of piperazine rings is 1. The highest BCUT2D eigenvalue weighted by atomic mass is 32.2. The highest BCUT2D eigenvalue weighted by Gasteiger charge is 2.49. The number of aryl methyl sites for hydroxylation is 1. The summed E-state index contributed by atoms with van der Waals surface area (Å²) in [6, 6.07) is 5.46. The van der Waals surface area contributed by atoms with E-state index in [1.54, 1.807) is 13.0 Å². The summed E-state index contributed by atoms with van der Waals surface area (Å²) in [6.07, 6.45) is -4.00. The van der Waals surface area contributed by atoms with Crippen molar-refractivity contribution in [2.75, 3.05) is 60.6 Å². The van der Waals surface area contributed by atoms with Gasteiger partial charge in [-0.1, -0.05) is 6.07 Å². The Kier molecular flexibility index (Phi) is 12.0. The van der Waals surface area contributed by atoms with E-state index < -0.39 is 68.1 Å². The summed E-state index contributed by atoms with van der Waals surface area (Å²) in [5.74, 6) is -1.16. The maximum Gasteiger partial charge on any atom is 0.416 e. The van der Waals surface area contributed by atoms with Crippen LogP contribution in [0.5, 0.6) is 0 Å². The number of aliphatic hydroxyl groups is 1. The SMILES string of the molecule is Cc1cc(F)ccc1-c1cc(N2CC3CS(=O)(=O)CCN3C(CC(C)(C)[S+](C)C)[C@@H]2CO)ncc1N(C)C(=O)C(C)(C)c1cc(C(F)(F)F)cc(C(F)(F)F)c1. The molecule has 1 aromatic heterocycles. The molecule has 2 fully saturated rings. The van der Waals surface area contributed by atoms with Crippen LogP contribution < -0.4 is 9.80 Å². The molecule has 17 heteroatoms. The van der Waals surface area contributed by atoms with Gasteiger partial charge in [0.1, 0.15) is 16.4 Å². The molecule has 2 unspecified atom stereocenters. The fraction of sp³-hybridized carbons (Fsp3) is 0.538. The molecule has 2 aromatic carbocycles. The molecule has 2 saturated heterocycles. The maximum absolute atomic E-state index is 14.4. The number of hydrogen-bond acceptors (Lipinski definition) is 7. The maximum atomic E-state index is 14.4. The van der Waals surface area contributed by atoms with Gasteiger partial charge in [0.25, 0.3) is 0 Å². The number of aliphatic hydroxyl groups excluding tert-OH is 1. The predicted octanol–water partition coefficient (Wildman–Crippen LogP) is 6.87. The summed E-state index contributed by atoms with van der Waals surface area (Å²) in [4.78, 5) is 24.2. The Bertz CT molecular complexity index is 2040. The fourth-order valence-corrected chi connectivity index (χ4v) is 9.71. The molecule has 2 aliphatic heterocycles. The summed E-state index contributed by atoms with van der Waals surface area (Å²) in [7, 11) is -2.09. The van der Waals surface area contributed by atoms with Crippen LogP contribution in [0.2, 0.25) is 0 Å². The first-order chi connectivity index (χ1) is 25.7. The van der Waals surface area contributed by atoms with Crippen molar-refractivity contribution in [3.05, 3.63) is 76.7 Å². The van der Waals surface area contributed by atoms with Crippen LogP contribution in [0, 0.1) is 12.7 Å². The number of fused-ring (bicyclic) bond motifs is 1. The largest absolute Gasteiger partial charge is 0.416 e. The van der Waals surface area contributed by atoms with E-state index in [9.17, 15) is 49.1 Å². The highest BCUT2D eigenvalue weighted by Crippen LogP contribution is 2.43. The average Bonchev–Trinajstić information content (AvgIpc) is 3.09. The van der Waals surface area contributed by atoms with Gasteiger partial charge in [-0.2, -0.15) is 26.3 Å². The molecule has 0 radical (unpaired) electrons. The first-order valence-corrected chi connectivity index (χ1v) is 21.8. The number of anilines is 2. The summed E-state index contributed by atoms with van der Waals surface area (Å²) in [5, 5.41) is 11.0. The summed E-state index contributed by atoms with van der Waals surface area (Å²) in [6.45, 7) is 8.59. The van der Waals surface area contributed by atoms with Crippen molar-refractivity contribution in [1.29, 1.82) is 0 Å². The first kappa shape index (κ1) is 43.7. The Morgan fingerprint density at radius 1 is 0.929 bits per heavy atom. The van der Waals surface area contributed by atoms with Gasteiger partial charge >= 0.3 is 12.4 Å². The molecule has 3 aromatic rings. The molecule has 0 aliphatic carbocycles. The van der Waals surface area contributed by atoms with E-state index in [0.29, 0.717) is 47.6 Å². The first-order valence-electron chi connectivity index (χ1n) is 17.9. The number of pyridine rings is 1. The second-order valence-corrected chi connectivity index (χ2v) is 21.0. The van der Waals surface area contributed by atoms with Gasteiger partial charge in [-0.3, -0.25) is 9.69 Å². The number of aromatic nitrogens is 1. The Morgan fingerprint density at radius 2 is 1.52 bits per heavy atom. The topological polar surface area (TPSA) is 94.1 Å². The average molecular weight is 834 g/mol. The minimum absolute atomic E-state index is 0.00178. The molecular weight excluding hydrogens is 786 g/mol. The molecule has 2 aliphatic rings. The van der Waals surface area contributed by atoms with Crippen LogP contribution >= 0.6 is 0 Å². The Balaban J connectivity index is 1.64. The summed E-state index contributed by atoms with van der Waals surface area (Å²) < 4.78 is 123. The highest BCUT2D eigenvalue weighted by molar-refractivity contribution is 7.96. The van der Waals surface area contributed by atoms with E-state index >= 15 is 0 Å². The zero-order valence-corrected chi connectivity index (χ0v) is 34.1. The van der Waals surface area contributed by atoms with Gasteiger partial charge in [-0.25, -0.2) is 17.8 Å². The molecule has 3 atom stereocenters. The van der Waals surface area contributed by atoms with Crippen molar-refractivity contribution >= 4 is 38.1 Å². The van der Waals surface area contributed by atoms with Gasteiger partial charge in [0.15, 0.2) is 9.84 Å². The van der Waals surface area contributed by atoms with Crippen molar-refractivity contribution in [1.82, 2.24) is 9.88 Å². The van der Waals surface area contributed by atoms with Gasteiger partial charge in [0, 0.05) is 44.2 Å². The summed E-state index contributed by atoms with van der Waals surface area (Å²) in [5.41, 5.74) is -4.17. The third-order valence-electron chi connectivity index (χ3n) is 11.4. The lowest BCUT2D eigenvalue weighted by atomic mass is 9.81. The van der Waals surface area contributed by atoms with Crippen LogP contribution in [-0.2, 0) is 43.3 Å². The molecule has 8 nitrogen and oxygen atoms in total. The van der Waals surface area contributed by atoms with E-state index in [1.807, 2.05) is 4.90 Å². The standard InChI is InChI=1S/C39H48F7N4O4S2/c1-23-13-27(40)9-10-29(23)30-17-34(50-20-28-22-56(53,54)12-11-49(28)31(33(50)21-51)18-36(2,3)55(7)8)47-19-32(30)48(6)35(52)37(4,5)24-14-25(38(41,42)43)16-26(15-24)39(44,45)46/h9-10,13-17,19,28,31,33,51H,11-12,18,20-22H2,1-8H3/q+1/t28?,31?,33-/m0/s1. The number of likely N-dealkylation sites (N-methyl/N-ethyl adjacent to an activating group) is 1. The predicted molar refractivity (Wildman–Crippen MR) is 206 cm³/mol. The number of sulfone groups is 1. The smallest absolute Gasteiger partial charge is 0.394 e. The number of halogens is 7. The molecule has 0 spiro atoms. The molecule has 5 rings (SSSR count). The normalized spacial score (nSPS) is 20.9. The van der Waals surface area contributed by atoms with Crippen molar-refractivity contribution in [2.45, 2.75) is 81.7 Å². The van der Waals surface area contributed by atoms with Gasteiger partial charge in [0.05, 0.1) is 65.1 Å². The number of rotatable bonds is 9. The Labute approximate surface area is 326 Å². The van der Waals surface area contributed by atoms with Crippen molar-refractivity contribution in [3.63, 3.8) is 0 Å². The second-order valence-electron chi connectivity index (χ2n) is 16.1. The number of nitrogens with zero attached hydrogens (tertiary/aromatic N) is 4. The lowest BCUT2D eigenvalue weighted by Crippen LogP contribution is -2.70. The van der Waals surface area contributed by atoms with Crippen LogP contribution in [0.1, 0.15) is 56.4 Å². The number of hydrogen-bond donors (Lipinski definition) is 1. The molecule has 3 heterocycles. The van der Waals surface area contributed by atoms with E-state index in [1.165, 1.54) is 45.3 Å². The zero-order valence-electron chi connectivity index (χ0n) is 32.5. The lowest BCUT2D eigenvalue weighted by Gasteiger charge is -2.54. The number of amides is 1. The second kappa shape index (κ2) is 15.4. The minimum atomic E-state index is -5.13. The summed E-state index contributed by atoms with van der Waals surface area (Å²) >= 11 is 0. The molecule has 0 saturated carbocycles. The van der Waals surface area contributed by atoms with Crippen LogP contribution in [0.3, 0.4) is 0 Å². The number of carbonyl (C=O) groups excluding carboxylic acids is 1. The van der Waals surface area contributed by atoms with Crippen LogP contribution in [-0.4, -0.2) is 103 Å². The van der Waals surface area contributed by atoms with E-state index in [-0.39, 0.29) is 58.1 Å². The van der Waals surface area contributed by atoms with Crippen LogP contribution in [0.25, 0.3) is 11.1 Å². The Morgan fingerprint density at radius 3 is 2.05 bits per heavy atom. The minimum Gasteiger partial charge on any atom is -0.394 e. The van der Waals surface area contributed by atoms with E-state index in [0.717, 1.165) is 4.90 Å². The van der Waals surface area contributed by atoms with E-state index in [2.05, 4.69) is 31.3 Å². The van der Waals surface area contributed by atoms with Crippen molar-refractivity contribution in [2.24, 2.45) is 0 Å². The third-order valence-corrected chi connectivity index (χ3v) is 15.5. The lowest BCUT2D eigenvalue weighted by molar-refractivity contribution is -0.143. The van der Waals surface area contributed by atoms with Crippen LogP contribution in [0.4, 0.5) is 42.2 Å². The van der Waals surface area contributed by atoms with Crippen molar-refractivity contribution in [3.8, 4) is 11.1 Å². The molecule has 308 valence electrons. The molecule has 1 amide bonds. The monoisotopic (exact) mass is 833 g/mol. The number of carbonyl (C=O) groups is 1. The van der Waals surface area contributed by atoms with Crippen LogP contribution in [0.15, 0.2) is 48.7 Å². The molecule has 1 N–H and O–H groups in total. The van der Waals surface area contributed by atoms with Gasteiger partial charge < -0.3 is 14.9 Å². The fourth-order valence-electron chi connectivity index (χ4n) is 7.67. The molecular formula is C39H48F7N4O4S2+. The zero-order chi connectivity index (χ0) is 41.9. The molecule has 0 bridgehead atoms. The number of benzene rings is 2. The van der Waals surface area contributed by atoms with Crippen molar-refractivity contribution < 1.29 is 49.1 Å². The van der Waals surface area contributed by atoms with Gasteiger partial charge in [-0.05, 0) is 98.6 Å². The third kappa shape index (κ3) is 8.85.